The van der Waals surface area contributed by atoms with Crippen LogP contribution in [0.25, 0.3) is 10.9 Å². The highest BCUT2D eigenvalue weighted by molar-refractivity contribution is 5.87. The number of hydrogen-bond donors (Lipinski definition) is 1. The second kappa shape index (κ2) is 9.16. The van der Waals surface area contributed by atoms with Crippen LogP contribution in [-0.4, -0.2) is 22.1 Å². The standard InChI is InChI=1S/C29H23F4N3O/c1-2-18-3-10-26-25(13-18)20(11-12-34)16-36(26)17-28(37,29(31,32)33)22-6-9-24-21(14-22)15-35-27(24)19-4-7-23(30)8-5-19/h3-10,13-16,27,37H,2,11,17H2,1H3. The molecule has 0 aliphatic carbocycles. The summed E-state index contributed by atoms with van der Waals surface area (Å²) in [5.41, 5.74) is 0.487. The minimum atomic E-state index is -4.98. The maximum absolute atomic E-state index is 14.5. The Kier molecular flexibility index (Phi) is 6.12. The van der Waals surface area contributed by atoms with Crippen molar-refractivity contribution in [2.75, 3.05) is 0 Å². The summed E-state index contributed by atoms with van der Waals surface area (Å²) in [5, 5.41) is 21.2. The molecule has 0 fully saturated rings. The van der Waals surface area contributed by atoms with Crippen molar-refractivity contribution in [3.63, 3.8) is 0 Å². The number of hydrogen-bond acceptors (Lipinski definition) is 3. The van der Waals surface area contributed by atoms with Crippen molar-refractivity contribution in [2.24, 2.45) is 4.99 Å². The second-order valence-corrected chi connectivity index (χ2v) is 9.26. The van der Waals surface area contributed by atoms with Crippen LogP contribution in [0.3, 0.4) is 0 Å². The minimum Gasteiger partial charge on any atom is -0.375 e. The first-order valence-electron chi connectivity index (χ1n) is 11.8. The lowest BCUT2D eigenvalue weighted by Crippen LogP contribution is -2.45. The van der Waals surface area contributed by atoms with Crippen LogP contribution in [0.2, 0.25) is 0 Å². The lowest BCUT2D eigenvalue weighted by molar-refractivity contribution is -0.271. The van der Waals surface area contributed by atoms with Gasteiger partial charge >= 0.3 is 6.18 Å². The van der Waals surface area contributed by atoms with E-state index in [1.807, 2.05) is 19.1 Å². The smallest absolute Gasteiger partial charge is 0.375 e. The quantitative estimate of drug-likeness (QED) is 0.309. The summed E-state index contributed by atoms with van der Waals surface area (Å²) >= 11 is 0. The number of benzene rings is 3. The van der Waals surface area contributed by atoms with Gasteiger partial charge in [-0.3, -0.25) is 4.99 Å². The molecular formula is C29H23F4N3O. The molecule has 0 radical (unpaired) electrons. The van der Waals surface area contributed by atoms with E-state index in [4.69, 9.17) is 0 Å². The molecule has 4 aromatic rings. The third-order valence-electron chi connectivity index (χ3n) is 6.98. The Morgan fingerprint density at radius 2 is 1.81 bits per heavy atom. The van der Waals surface area contributed by atoms with Crippen LogP contribution in [0.1, 0.15) is 46.3 Å². The molecule has 1 aliphatic rings. The van der Waals surface area contributed by atoms with Gasteiger partial charge in [0.2, 0.25) is 5.60 Å². The van der Waals surface area contributed by atoms with E-state index in [0.717, 1.165) is 12.0 Å². The van der Waals surface area contributed by atoms with E-state index in [1.54, 1.807) is 18.2 Å². The summed E-state index contributed by atoms with van der Waals surface area (Å²) in [4.78, 5) is 4.41. The molecule has 2 unspecified atom stereocenters. The highest BCUT2D eigenvalue weighted by Crippen LogP contribution is 2.43. The van der Waals surface area contributed by atoms with Gasteiger partial charge in [0.15, 0.2) is 0 Å². The van der Waals surface area contributed by atoms with Gasteiger partial charge in [0.25, 0.3) is 0 Å². The number of aliphatic imine (C=N–C) groups is 1. The monoisotopic (exact) mass is 505 g/mol. The van der Waals surface area contributed by atoms with Crippen LogP contribution in [0.15, 0.2) is 71.9 Å². The van der Waals surface area contributed by atoms with Crippen LogP contribution in [0.5, 0.6) is 0 Å². The fourth-order valence-electron chi connectivity index (χ4n) is 4.92. The van der Waals surface area contributed by atoms with Crippen LogP contribution >= 0.6 is 0 Å². The van der Waals surface area contributed by atoms with Gasteiger partial charge in [-0.25, -0.2) is 4.39 Å². The van der Waals surface area contributed by atoms with Crippen molar-refractivity contribution >= 4 is 17.1 Å². The zero-order valence-electron chi connectivity index (χ0n) is 19.9. The highest BCUT2D eigenvalue weighted by Gasteiger charge is 2.55. The Bertz CT molecular complexity index is 1550. The molecule has 1 aromatic heterocycles. The Labute approximate surface area is 211 Å². The van der Waals surface area contributed by atoms with Gasteiger partial charge in [-0.05, 0) is 70.1 Å². The molecule has 0 saturated heterocycles. The molecule has 0 amide bonds. The average Bonchev–Trinajstić information content (AvgIpc) is 3.44. The molecule has 0 saturated carbocycles. The number of fused-ring (bicyclic) bond motifs is 2. The minimum absolute atomic E-state index is 0.0429. The molecule has 8 heteroatoms. The van der Waals surface area contributed by atoms with Crippen molar-refractivity contribution in [3.05, 3.63) is 106 Å². The van der Waals surface area contributed by atoms with Gasteiger partial charge in [-0.2, -0.15) is 18.4 Å². The Morgan fingerprint density at radius 3 is 2.49 bits per heavy atom. The van der Waals surface area contributed by atoms with Crippen molar-refractivity contribution < 1.29 is 22.7 Å². The van der Waals surface area contributed by atoms with Crippen molar-refractivity contribution in [1.29, 1.82) is 5.26 Å². The van der Waals surface area contributed by atoms with Gasteiger partial charge < -0.3 is 9.67 Å². The van der Waals surface area contributed by atoms with Gasteiger partial charge in [-0.1, -0.05) is 37.3 Å². The zero-order chi connectivity index (χ0) is 26.4. The van der Waals surface area contributed by atoms with E-state index < -0.39 is 30.2 Å². The highest BCUT2D eigenvalue weighted by atomic mass is 19.4. The van der Waals surface area contributed by atoms with Gasteiger partial charge in [0.05, 0.1) is 19.0 Å². The maximum atomic E-state index is 14.5. The summed E-state index contributed by atoms with van der Waals surface area (Å²) in [6, 6.07) is 17.0. The lowest BCUT2D eigenvalue weighted by atomic mass is 9.88. The molecule has 37 heavy (non-hydrogen) atoms. The topological polar surface area (TPSA) is 61.3 Å². The molecule has 0 spiro atoms. The molecular weight excluding hydrogens is 482 g/mol. The van der Waals surface area contributed by atoms with E-state index in [-0.39, 0.29) is 12.0 Å². The van der Waals surface area contributed by atoms with E-state index in [9.17, 15) is 27.9 Å². The summed E-state index contributed by atoms with van der Waals surface area (Å²) in [7, 11) is 0. The fraction of sp³-hybridized carbons (Fsp3) is 0.241. The van der Waals surface area contributed by atoms with Crippen LogP contribution in [-0.2, 0) is 25.0 Å². The van der Waals surface area contributed by atoms with Gasteiger partial charge in [0.1, 0.15) is 11.9 Å². The summed E-state index contributed by atoms with van der Waals surface area (Å²) in [5.74, 6) is -0.391. The van der Waals surface area contributed by atoms with E-state index in [0.29, 0.717) is 33.2 Å². The van der Waals surface area contributed by atoms with Gasteiger partial charge in [-0.15, -0.1) is 0 Å². The largest absolute Gasteiger partial charge is 0.423 e. The van der Waals surface area contributed by atoms with Crippen molar-refractivity contribution in [2.45, 2.75) is 44.1 Å². The molecule has 1 aliphatic heterocycles. The lowest BCUT2D eigenvalue weighted by Gasteiger charge is -2.32. The number of nitriles is 1. The number of nitrogens with zero attached hydrogens (tertiary/aromatic N) is 3. The third-order valence-corrected chi connectivity index (χ3v) is 6.98. The first kappa shape index (κ1) is 24.7. The zero-order valence-corrected chi connectivity index (χ0v) is 19.9. The maximum Gasteiger partial charge on any atom is 0.423 e. The summed E-state index contributed by atoms with van der Waals surface area (Å²) in [6.07, 6.45) is -1.20. The van der Waals surface area contributed by atoms with E-state index in [2.05, 4.69) is 11.1 Å². The third kappa shape index (κ3) is 4.30. The Hall–Kier alpha value is -3.96. The normalized spacial score (nSPS) is 16.5. The van der Waals surface area contributed by atoms with Crippen molar-refractivity contribution in [3.8, 4) is 6.07 Å². The van der Waals surface area contributed by atoms with Crippen LogP contribution in [0, 0.1) is 17.1 Å². The van der Waals surface area contributed by atoms with E-state index in [1.165, 1.54) is 47.3 Å². The average molecular weight is 506 g/mol. The first-order valence-corrected chi connectivity index (χ1v) is 11.8. The molecule has 4 nitrogen and oxygen atoms in total. The number of rotatable bonds is 6. The molecule has 5 rings (SSSR count). The number of alkyl halides is 3. The van der Waals surface area contributed by atoms with Crippen LogP contribution < -0.4 is 0 Å². The molecule has 1 N–H and O–H groups in total. The fourth-order valence-corrected chi connectivity index (χ4v) is 4.92. The number of aromatic nitrogens is 1. The summed E-state index contributed by atoms with van der Waals surface area (Å²) in [6.45, 7) is 1.20. The van der Waals surface area contributed by atoms with E-state index >= 15 is 0 Å². The molecule has 3 aromatic carbocycles. The molecule has 2 heterocycles. The molecule has 2 atom stereocenters. The Balaban J connectivity index is 1.56. The first-order chi connectivity index (χ1) is 17.6. The number of aryl methyl sites for hydroxylation is 1. The van der Waals surface area contributed by atoms with Crippen molar-refractivity contribution in [1.82, 2.24) is 4.57 Å². The number of halogens is 4. The summed E-state index contributed by atoms with van der Waals surface area (Å²) < 4.78 is 58.2. The van der Waals surface area contributed by atoms with Crippen LogP contribution in [0.4, 0.5) is 17.6 Å². The Morgan fingerprint density at radius 1 is 1.05 bits per heavy atom. The predicted octanol–water partition coefficient (Wildman–Crippen LogP) is 6.38. The molecule has 188 valence electrons. The predicted molar refractivity (Wildman–Crippen MR) is 133 cm³/mol. The van der Waals surface area contributed by atoms with Gasteiger partial charge in [0, 0.05) is 23.3 Å². The second-order valence-electron chi connectivity index (χ2n) is 9.26. The molecule has 0 bridgehead atoms. The SMILES string of the molecule is CCc1ccc2c(c1)c(CC#N)cn2CC(O)(c1ccc2c(c1)C=NC2c1ccc(F)cc1)C(F)(F)F. The number of aliphatic hydroxyl groups is 1.